The molecule has 3 aromatic rings. The van der Waals surface area contributed by atoms with Gasteiger partial charge in [-0.1, -0.05) is 41.4 Å². The topological polar surface area (TPSA) is 92.0 Å². The van der Waals surface area contributed by atoms with Crippen LogP contribution < -0.4 is 15.0 Å². The molecule has 1 heterocycles. The molecule has 174 valence electrons. The fourth-order valence-corrected chi connectivity index (χ4v) is 3.70. The fraction of sp³-hybridized carbons (Fsp3) is 0.304. The molecule has 0 fully saturated rings. The van der Waals surface area contributed by atoms with Crippen molar-refractivity contribution < 1.29 is 19.0 Å². The van der Waals surface area contributed by atoms with Crippen molar-refractivity contribution in [3.05, 3.63) is 61.6 Å². The van der Waals surface area contributed by atoms with Crippen LogP contribution in [0.3, 0.4) is 0 Å². The Balaban J connectivity index is 2.00. The molecular weight excluding hydrogens is 514 g/mol. The zero-order chi connectivity index (χ0) is 24.1. The number of carbonyl (C=O) groups is 1. The summed E-state index contributed by atoms with van der Waals surface area (Å²) < 4.78 is 17.7. The Morgan fingerprint density at radius 3 is 2.73 bits per heavy atom. The number of aromatic nitrogens is 2. The summed E-state index contributed by atoms with van der Waals surface area (Å²) in [6.07, 6.45) is 1.49. The molecule has 0 aliphatic heterocycles. The number of methoxy groups -OCH3 is 1. The van der Waals surface area contributed by atoms with E-state index in [0.717, 1.165) is 4.47 Å². The van der Waals surface area contributed by atoms with Crippen LogP contribution >= 0.6 is 27.5 Å². The smallest absolute Gasteiger partial charge is 0.344 e. The minimum Gasteiger partial charge on any atom is -0.493 e. The van der Waals surface area contributed by atoms with E-state index in [9.17, 15) is 9.59 Å². The molecule has 0 N–H and O–H groups in total. The number of fused-ring (bicyclic) bond motifs is 1. The number of halogens is 2. The van der Waals surface area contributed by atoms with E-state index in [-0.39, 0.29) is 35.5 Å². The molecule has 0 spiro atoms. The van der Waals surface area contributed by atoms with Gasteiger partial charge < -0.3 is 14.2 Å². The Hall–Kier alpha value is -2.91. The number of ether oxygens (including phenoxy) is 3. The molecule has 0 atom stereocenters. The maximum absolute atomic E-state index is 13.1. The zero-order valence-corrected chi connectivity index (χ0v) is 20.9. The monoisotopic (exact) mass is 535 g/mol. The van der Waals surface area contributed by atoms with Gasteiger partial charge in [-0.2, -0.15) is 9.78 Å². The number of carbonyl (C=O) groups excluding carboxylic acids is 1. The predicted octanol–water partition coefficient (Wildman–Crippen LogP) is 4.77. The van der Waals surface area contributed by atoms with Gasteiger partial charge in [0.2, 0.25) is 0 Å². The summed E-state index contributed by atoms with van der Waals surface area (Å²) in [6, 6.07) is 8.59. The van der Waals surface area contributed by atoms with Crippen LogP contribution in [0.1, 0.15) is 38.1 Å². The van der Waals surface area contributed by atoms with Crippen molar-refractivity contribution in [3.8, 4) is 11.5 Å². The number of hydrogen-bond acceptors (Lipinski definition) is 7. The average molecular weight is 537 g/mol. The lowest BCUT2D eigenvalue weighted by Gasteiger charge is -2.13. The van der Waals surface area contributed by atoms with Crippen molar-refractivity contribution in [3.63, 3.8) is 0 Å². The first-order chi connectivity index (χ1) is 15.7. The summed E-state index contributed by atoms with van der Waals surface area (Å²) in [5.74, 6) is 0.488. The second kappa shape index (κ2) is 10.8. The van der Waals surface area contributed by atoms with Crippen molar-refractivity contribution in [1.29, 1.82) is 0 Å². The Bertz CT molecular complexity index is 1270. The normalized spacial score (nSPS) is 11.4. The lowest BCUT2D eigenvalue weighted by molar-refractivity contribution is -0.145. The van der Waals surface area contributed by atoms with E-state index in [2.05, 4.69) is 26.0 Å². The molecule has 1 aromatic heterocycles. The van der Waals surface area contributed by atoms with Gasteiger partial charge in [-0.05, 0) is 42.8 Å². The molecule has 0 aliphatic rings. The van der Waals surface area contributed by atoms with Gasteiger partial charge in [-0.15, -0.1) is 0 Å². The van der Waals surface area contributed by atoms with Crippen LogP contribution in [-0.2, 0) is 9.53 Å². The van der Waals surface area contributed by atoms with Crippen molar-refractivity contribution in [2.75, 3.05) is 20.3 Å². The molecule has 0 bridgehead atoms. The van der Waals surface area contributed by atoms with E-state index >= 15 is 0 Å². The molecule has 3 rings (SSSR count). The molecule has 0 saturated heterocycles. The van der Waals surface area contributed by atoms with E-state index < -0.39 is 5.97 Å². The molecule has 8 nitrogen and oxygen atoms in total. The van der Waals surface area contributed by atoms with Crippen LogP contribution in [0.2, 0.25) is 5.02 Å². The highest BCUT2D eigenvalue weighted by Gasteiger charge is 2.16. The number of hydrogen-bond donors (Lipinski definition) is 0. The highest BCUT2D eigenvalue weighted by atomic mass is 79.9. The minimum absolute atomic E-state index is 0.0420. The number of esters is 1. The highest BCUT2D eigenvalue weighted by Crippen LogP contribution is 2.36. The molecule has 0 saturated carbocycles. The van der Waals surface area contributed by atoms with Crippen LogP contribution in [0.4, 0.5) is 0 Å². The van der Waals surface area contributed by atoms with Gasteiger partial charge in [-0.25, -0.2) is 9.78 Å². The van der Waals surface area contributed by atoms with E-state index in [4.69, 9.17) is 25.8 Å². The van der Waals surface area contributed by atoms with Crippen LogP contribution in [0.25, 0.3) is 10.9 Å². The summed E-state index contributed by atoms with van der Waals surface area (Å²) in [4.78, 5) is 29.4. The van der Waals surface area contributed by atoms with Crippen LogP contribution in [0, 0.1) is 0 Å². The van der Waals surface area contributed by atoms with Gasteiger partial charge in [0.25, 0.3) is 5.56 Å². The van der Waals surface area contributed by atoms with Gasteiger partial charge >= 0.3 is 5.97 Å². The third-order valence-electron chi connectivity index (χ3n) is 4.56. The Morgan fingerprint density at radius 1 is 1.30 bits per heavy atom. The molecule has 10 heteroatoms. The van der Waals surface area contributed by atoms with Gasteiger partial charge in [0.1, 0.15) is 5.82 Å². The number of benzene rings is 2. The first kappa shape index (κ1) is 24.7. The van der Waals surface area contributed by atoms with Crippen molar-refractivity contribution in [2.45, 2.75) is 26.7 Å². The number of rotatable bonds is 8. The molecule has 0 amide bonds. The van der Waals surface area contributed by atoms with E-state index in [1.165, 1.54) is 18.0 Å². The summed E-state index contributed by atoms with van der Waals surface area (Å²) in [6.45, 7) is 5.53. The third-order valence-corrected chi connectivity index (χ3v) is 5.34. The predicted molar refractivity (Wildman–Crippen MR) is 131 cm³/mol. The standard InChI is InChI=1S/C23H23BrClN3O5/c1-5-32-20(29)12-33-21-17(25)8-14(9-19(21)31-4)11-26-28-22(13(2)3)27-18-7-6-15(24)10-16(18)23(28)30/h6-11,13H,5,12H2,1-4H3. The SMILES string of the molecule is CCOC(=O)COc1c(Cl)cc(C=Nn2c(C(C)C)nc3ccc(Br)cc3c2=O)cc1OC. The first-order valence-corrected chi connectivity index (χ1v) is 11.3. The van der Waals surface area contributed by atoms with Crippen LogP contribution in [-0.4, -0.2) is 42.2 Å². The summed E-state index contributed by atoms with van der Waals surface area (Å²) >= 11 is 9.75. The Labute approximate surface area is 204 Å². The zero-order valence-electron chi connectivity index (χ0n) is 18.6. The van der Waals surface area contributed by atoms with E-state index in [1.807, 2.05) is 19.9 Å². The van der Waals surface area contributed by atoms with Crippen molar-refractivity contribution >= 4 is 50.6 Å². The van der Waals surface area contributed by atoms with Crippen molar-refractivity contribution in [2.24, 2.45) is 5.10 Å². The van der Waals surface area contributed by atoms with Gasteiger partial charge in [0.05, 0.1) is 35.9 Å². The largest absolute Gasteiger partial charge is 0.493 e. The average Bonchev–Trinajstić information content (AvgIpc) is 2.77. The molecule has 0 aliphatic carbocycles. The fourth-order valence-electron chi connectivity index (χ4n) is 3.06. The summed E-state index contributed by atoms with van der Waals surface area (Å²) in [7, 11) is 1.45. The van der Waals surface area contributed by atoms with Gasteiger partial charge in [0.15, 0.2) is 18.1 Å². The maximum Gasteiger partial charge on any atom is 0.344 e. The van der Waals surface area contributed by atoms with E-state index in [1.54, 1.807) is 31.2 Å². The van der Waals surface area contributed by atoms with Gasteiger partial charge in [-0.3, -0.25) is 4.79 Å². The Morgan fingerprint density at radius 2 is 2.06 bits per heavy atom. The lowest BCUT2D eigenvalue weighted by Crippen LogP contribution is -2.23. The summed E-state index contributed by atoms with van der Waals surface area (Å²) in [5.41, 5.74) is 0.885. The maximum atomic E-state index is 13.1. The molecular formula is C23H23BrClN3O5. The van der Waals surface area contributed by atoms with E-state index in [0.29, 0.717) is 28.0 Å². The van der Waals surface area contributed by atoms with Crippen molar-refractivity contribution in [1.82, 2.24) is 9.66 Å². The van der Waals surface area contributed by atoms with Gasteiger partial charge in [0, 0.05) is 10.4 Å². The van der Waals surface area contributed by atoms with Crippen LogP contribution in [0.5, 0.6) is 11.5 Å². The lowest BCUT2D eigenvalue weighted by atomic mass is 10.2. The molecule has 0 radical (unpaired) electrons. The highest BCUT2D eigenvalue weighted by molar-refractivity contribution is 9.10. The first-order valence-electron chi connectivity index (χ1n) is 10.2. The molecule has 33 heavy (non-hydrogen) atoms. The Kier molecular flexibility index (Phi) is 8.10. The number of nitrogens with zero attached hydrogens (tertiary/aromatic N) is 3. The third kappa shape index (κ3) is 5.72. The quantitative estimate of drug-likeness (QED) is 0.304. The minimum atomic E-state index is -0.516. The second-order valence-corrected chi connectivity index (χ2v) is 8.60. The molecule has 2 aromatic carbocycles. The van der Waals surface area contributed by atoms with Crippen LogP contribution in [0.15, 0.2) is 44.7 Å². The second-order valence-electron chi connectivity index (χ2n) is 7.28. The molecule has 0 unspecified atom stereocenters. The summed E-state index contributed by atoms with van der Waals surface area (Å²) in [5, 5.41) is 5.06.